The Hall–Kier alpha value is -2.25. The first kappa shape index (κ1) is 53.5. The Morgan fingerprint density at radius 3 is 1.77 bits per heavy atom. The summed E-state index contributed by atoms with van der Waals surface area (Å²) < 4.78 is 14.7. The van der Waals surface area contributed by atoms with E-state index in [1.54, 1.807) is 0 Å². The zero-order valence-corrected chi connectivity index (χ0v) is 51.2. The molecule has 14 aliphatic carbocycles. The van der Waals surface area contributed by atoms with Crippen molar-refractivity contribution in [2.24, 2.45) is 135 Å². The largest absolute Gasteiger partial charge is 0.459 e. The van der Waals surface area contributed by atoms with E-state index >= 15 is 4.79 Å². The number of aliphatic hydroxyl groups is 1. The van der Waals surface area contributed by atoms with Crippen molar-refractivity contribution in [1.82, 2.24) is 0 Å². The molecule has 17 unspecified atom stereocenters. The standard InChI is InChI=1S/C73H99O4S2/c1-69(2,3)66-50-34-60(61(35-50)68(74)77-71(7)53-26-44-24-45(28-53)29-54(71)27-44)65(66)62-48-30-51(40-76-73-38-46-25-47(39-73)37-72(75,36-46)42-73)58(32-48)64(62)63-49-31-52(59(33-49)67(63)70(4,5)6)41-78-23-22-43-18-20-57(21-19-43)79(55-14-10-8-11-15-55)56-16-12-9-13-17-56/h8-21,44-54,58-67,75H,22-42H2,1-7H3/q+1. The van der Waals surface area contributed by atoms with Gasteiger partial charge in [-0.15, -0.1) is 0 Å². The number of hydrogen-bond donors (Lipinski definition) is 1. The second-order valence-electron chi connectivity index (χ2n) is 32.9. The number of ether oxygens (including phenoxy) is 2. The lowest BCUT2D eigenvalue weighted by atomic mass is 9.50. The molecular formula is C73H99O4S2+. The summed E-state index contributed by atoms with van der Waals surface area (Å²) in [5, 5.41) is 11.9. The van der Waals surface area contributed by atoms with Gasteiger partial charge in [-0.3, -0.25) is 4.79 Å². The molecule has 14 bridgehead atoms. The van der Waals surface area contributed by atoms with Crippen molar-refractivity contribution in [1.29, 1.82) is 0 Å². The number of rotatable bonds is 15. The van der Waals surface area contributed by atoms with Crippen molar-refractivity contribution in [2.45, 2.75) is 196 Å². The van der Waals surface area contributed by atoms with Crippen LogP contribution < -0.4 is 0 Å². The third kappa shape index (κ3) is 9.19. The Bertz CT molecular complexity index is 2620. The molecule has 14 saturated carbocycles. The maximum Gasteiger partial charge on any atom is 0.309 e. The van der Waals surface area contributed by atoms with Crippen LogP contribution in [-0.2, 0) is 31.6 Å². The average Bonchev–Trinajstić information content (AvgIpc) is 2.41. The van der Waals surface area contributed by atoms with Crippen LogP contribution in [0.3, 0.4) is 0 Å². The number of benzene rings is 3. The van der Waals surface area contributed by atoms with Crippen LogP contribution in [0.5, 0.6) is 0 Å². The van der Waals surface area contributed by atoms with Gasteiger partial charge in [0.25, 0.3) is 0 Å². The number of fused-ring (bicyclic) bond motifs is 6. The maximum absolute atomic E-state index is 15.3. The molecule has 0 spiro atoms. The molecule has 0 radical (unpaired) electrons. The molecule has 1 N–H and O–H groups in total. The first-order chi connectivity index (χ1) is 37.9. The molecule has 0 amide bonds. The van der Waals surface area contributed by atoms with Gasteiger partial charge in [0.15, 0.2) is 14.7 Å². The first-order valence-electron chi connectivity index (χ1n) is 33.0. The van der Waals surface area contributed by atoms with Gasteiger partial charge in [-0.25, -0.2) is 0 Å². The monoisotopic (exact) mass is 1100 g/mol. The van der Waals surface area contributed by atoms with E-state index in [2.05, 4.69) is 145 Å². The molecule has 6 heteroatoms. The zero-order valence-electron chi connectivity index (χ0n) is 49.5. The molecule has 4 nitrogen and oxygen atoms in total. The van der Waals surface area contributed by atoms with Crippen molar-refractivity contribution in [3.05, 3.63) is 90.5 Å². The highest BCUT2D eigenvalue weighted by molar-refractivity contribution is 7.99. The minimum atomic E-state index is -0.486. The molecule has 0 saturated heterocycles. The molecule has 0 heterocycles. The fraction of sp³-hybridized carbons (Fsp3) is 0.740. The summed E-state index contributed by atoms with van der Waals surface area (Å²) in [6.07, 6.45) is 22.2. The zero-order chi connectivity index (χ0) is 54.0. The van der Waals surface area contributed by atoms with E-state index in [4.69, 9.17) is 9.47 Å². The van der Waals surface area contributed by atoms with Crippen LogP contribution >= 0.6 is 11.8 Å². The summed E-state index contributed by atoms with van der Waals surface area (Å²) >= 11 is 2.26. The molecule has 3 aromatic rings. The SMILES string of the molecule is CC(C)(C)C1C2CC(C(=O)OC3(C)C4CC5CC(C4)CC3C5)C(C2)C1C1C2CC(COC34CC5CC(CC(O)(C5)C3)C4)C(C2)C1C1C2CC(CSCCc3ccc([S+](c4ccccc4)c4ccccc4)cc3)C(C2)C1C(C)(C)C. The lowest BCUT2D eigenvalue weighted by molar-refractivity contribution is -0.226. The highest BCUT2D eigenvalue weighted by Crippen LogP contribution is 2.75. The quantitative estimate of drug-likeness (QED) is 0.0934. The topological polar surface area (TPSA) is 55.8 Å². The molecule has 14 aliphatic rings. The fourth-order valence-corrected chi connectivity index (χ4v) is 28.1. The van der Waals surface area contributed by atoms with Crippen LogP contribution in [0.15, 0.2) is 99.6 Å². The van der Waals surface area contributed by atoms with E-state index in [9.17, 15) is 5.11 Å². The first-order valence-corrected chi connectivity index (χ1v) is 35.4. The molecule has 426 valence electrons. The molecule has 3 aromatic carbocycles. The summed E-state index contributed by atoms with van der Waals surface area (Å²) in [5.74, 6) is 16.9. The van der Waals surface area contributed by atoms with Crippen LogP contribution in [-0.4, -0.2) is 46.0 Å². The fourth-order valence-electron chi connectivity index (χ4n) is 24.8. The van der Waals surface area contributed by atoms with E-state index in [-0.39, 0.29) is 44.8 Å². The summed E-state index contributed by atoms with van der Waals surface area (Å²) in [6, 6.07) is 31.8. The number of carbonyl (C=O) groups is 1. The number of esters is 1. The van der Waals surface area contributed by atoms with E-state index in [1.807, 2.05) is 0 Å². The summed E-state index contributed by atoms with van der Waals surface area (Å²) in [6.45, 7) is 19.0. The van der Waals surface area contributed by atoms with Crippen molar-refractivity contribution >= 4 is 28.6 Å². The second kappa shape index (κ2) is 19.7. The van der Waals surface area contributed by atoms with Gasteiger partial charge in [-0.1, -0.05) is 90.1 Å². The van der Waals surface area contributed by atoms with Crippen molar-refractivity contribution in [3.8, 4) is 0 Å². The Labute approximate surface area is 484 Å². The number of aryl methyl sites for hydroxylation is 1. The van der Waals surface area contributed by atoms with Gasteiger partial charge < -0.3 is 14.6 Å². The van der Waals surface area contributed by atoms with Crippen molar-refractivity contribution in [3.63, 3.8) is 0 Å². The Balaban J connectivity index is 0.683. The van der Waals surface area contributed by atoms with Gasteiger partial charge in [0.2, 0.25) is 0 Å². The van der Waals surface area contributed by atoms with Crippen LogP contribution in [0.1, 0.15) is 163 Å². The third-order valence-corrected chi connectivity index (χ3v) is 29.8. The molecule has 17 rings (SSSR count). The lowest BCUT2D eigenvalue weighted by Gasteiger charge is -2.60. The van der Waals surface area contributed by atoms with Crippen LogP contribution in [0.2, 0.25) is 0 Å². The Morgan fingerprint density at radius 1 is 0.582 bits per heavy atom. The predicted molar refractivity (Wildman–Crippen MR) is 321 cm³/mol. The molecule has 14 fully saturated rings. The second-order valence-corrected chi connectivity index (χ2v) is 36.1. The molecule has 17 atom stereocenters. The van der Waals surface area contributed by atoms with E-state index in [1.165, 1.54) is 115 Å². The van der Waals surface area contributed by atoms with E-state index in [0.29, 0.717) is 65.1 Å². The van der Waals surface area contributed by atoms with Gasteiger partial charge in [0.05, 0.1) is 34.6 Å². The van der Waals surface area contributed by atoms with Crippen LogP contribution in [0, 0.1) is 135 Å². The highest BCUT2D eigenvalue weighted by Gasteiger charge is 2.70. The summed E-state index contributed by atoms with van der Waals surface area (Å²) in [5.41, 5.74) is 1.10. The van der Waals surface area contributed by atoms with Crippen LogP contribution in [0.4, 0.5) is 0 Å². The van der Waals surface area contributed by atoms with Gasteiger partial charge in [-0.05, 0) is 299 Å². The minimum Gasteiger partial charge on any atom is -0.459 e. The van der Waals surface area contributed by atoms with Crippen LogP contribution in [0.25, 0.3) is 0 Å². The van der Waals surface area contributed by atoms with Gasteiger partial charge in [-0.2, -0.15) is 11.8 Å². The van der Waals surface area contributed by atoms with Gasteiger partial charge in [0, 0.05) is 6.42 Å². The minimum absolute atomic E-state index is 0.0852. The van der Waals surface area contributed by atoms with Gasteiger partial charge >= 0.3 is 5.97 Å². The number of hydrogen-bond acceptors (Lipinski definition) is 5. The van der Waals surface area contributed by atoms with E-state index in [0.717, 1.165) is 92.0 Å². The summed E-state index contributed by atoms with van der Waals surface area (Å²) in [4.78, 5) is 19.4. The van der Waals surface area contributed by atoms with E-state index < -0.39 is 5.60 Å². The molecular weight excluding hydrogens is 1000 g/mol. The molecule has 79 heavy (non-hydrogen) atoms. The van der Waals surface area contributed by atoms with Crippen molar-refractivity contribution in [2.75, 3.05) is 18.1 Å². The Morgan fingerprint density at radius 2 is 1.15 bits per heavy atom. The average molecular weight is 1100 g/mol. The third-order valence-electron chi connectivity index (χ3n) is 26.4. The number of thioether (sulfide) groups is 1. The predicted octanol–water partition coefficient (Wildman–Crippen LogP) is 16.7. The van der Waals surface area contributed by atoms with Crippen molar-refractivity contribution < 1.29 is 19.4 Å². The Kier molecular flexibility index (Phi) is 13.3. The smallest absolute Gasteiger partial charge is 0.309 e. The highest BCUT2D eigenvalue weighted by atomic mass is 32.2. The van der Waals surface area contributed by atoms with Gasteiger partial charge in [0.1, 0.15) is 5.60 Å². The summed E-state index contributed by atoms with van der Waals surface area (Å²) in [7, 11) is -0.111. The molecule has 0 aromatic heterocycles. The lowest BCUT2D eigenvalue weighted by Crippen LogP contribution is -2.60. The maximum atomic E-state index is 15.3. The normalized spacial score (nSPS) is 46.6. The molecule has 0 aliphatic heterocycles. The number of carbonyl (C=O) groups excluding carboxylic acids is 1.